The highest BCUT2D eigenvalue weighted by molar-refractivity contribution is 6.31. The van der Waals surface area contributed by atoms with Gasteiger partial charge in [-0.25, -0.2) is 0 Å². The zero-order valence-corrected chi connectivity index (χ0v) is 28.7. The Morgan fingerprint density at radius 1 is 0.739 bits per heavy atom. The van der Waals surface area contributed by atoms with Crippen LogP contribution in [0.5, 0.6) is 0 Å². The molecule has 0 saturated carbocycles. The lowest BCUT2D eigenvalue weighted by molar-refractivity contribution is 0.344. The smallest absolute Gasteiger partial charge is 0.199 e. The van der Waals surface area contributed by atoms with Crippen molar-refractivity contribution in [1.82, 2.24) is 15.5 Å². The molecule has 1 unspecified atom stereocenters. The fourth-order valence-corrected chi connectivity index (χ4v) is 4.96. The Morgan fingerprint density at radius 2 is 1.24 bits per heavy atom. The Morgan fingerprint density at radius 3 is 1.74 bits per heavy atom. The van der Waals surface area contributed by atoms with E-state index in [0.717, 1.165) is 42.5 Å². The van der Waals surface area contributed by atoms with Crippen LogP contribution in [0.2, 0.25) is 10.0 Å². The summed E-state index contributed by atoms with van der Waals surface area (Å²) in [6.45, 7) is 9.93. The molecule has 0 bridgehead atoms. The van der Waals surface area contributed by atoms with Crippen LogP contribution in [0.15, 0.2) is 72.8 Å². The van der Waals surface area contributed by atoms with Gasteiger partial charge in [0.05, 0.1) is 0 Å². The number of guanidine groups is 3. The minimum atomic E-state index is -0.0879. The van der Waals surface area contributed by atoms with Crippen LogP contribution in [0, 0.1) is 33.0 Å². The standard InChI is InChI=1S/C35H47Cl2N9/c1-5-6-21-46(34(41)45-33(40)43-30-17-13-28(37)14-18-30)23-25-9-7-24(8-10-25)22-26(19-20-35(2,3)4)31(38)44-32(39)42-29-15-11-27(36)12-16-29/h7-18,26H,5-6,19-23H2,1-4H3,(H4,38,39,42,44)(H4,40,41,43,45). The predicted molar refractivity (Wildman–Crippen MR) is 195 cm³/mol. The van der Waals surface area contributed by atoms with Crippen LogP contribution < -0.4 is 21.3 Å². The first kappa shape index (κ1) is 36.4. The second-order valence-electron chi connectivity index (χ2n) is 12.6. The number of rotatable bonds is 12. The third kappa shape index (κ3) is 13.1. The van der Waals surface area contributed by atoms with Gasteiger partial charge in [-0.15, -0.1) is 0 Å². The Hall–Kier alpha value is -4.08. The molecular weight excluding hydrogens is 617 g/mol. The molecule has 0 radical (unpaired) electrons. The molecule has 46 heavy (non-hydrogen) atoms. The van der Waals surface area contributed by atoms with E-state index in [1.165, 1.54) is 0 Å². The van der Waals surface area contributed by atoms with Crippen LogP contribution in [0.4, 0.5) is 11.4 Å². The molecule has 0 heterocycles. The number of amidine groups is 1. The first-order valence-corrected chi connectivity index (χ1v) is 16.3. The van der Waals surface area contributed by atoms with Crippen molar-refractivity contribution in [2.24, 2.45) is 11.3 Å². The van der Waals surface area contributed by atoms with E-state index in [1.807, 2.05) is 4.90 Å². The molecule has 1 atom stereocenters. The molecule has 0 spiro atoms. The number of halogens is 2. The maximum Gasteiger partial charge on any atom is 0.199 e. The summed E-state index contributed by atoms with van der Waals surface area (Å²) in [5.41, 5.74) is 3.72. The zero-order chi connectivity index (χ0) is 33.7. The van der Waals surface area contributed by atoms with E-state index in [1.54, 1.807) is 48.5 Å². The van der Waals surface area contributed by atoms with Crippen LogP contribution in [-0.2, 0) is 13.0 Å². The minimum absolute atomic E-state index is 0.0120. The summed E-state index contributed by atoms with van der Waals surface area (Å²) in [5, 5.41) is 47.2. The topological polar surface area (TPSA) is 147 Å². The number of anilines is 2. The summed E-state index contributed by atoms with van der Waals surface area (Å²) in [6, 6.07) is 22.5. The molecule has 3 rings (SSSR count). The van der Waals surface area contributed by atoms with Crippen molar-refractivity contribution in [1.29, 1.82) is 21.6 Å². The van der Waals surface area contributed by atoms with Crippen LogP contribution in [0.1, 0.15) is 64.5 Å². The van der Waals surface area contributed by atoms with Crippen LogP contribution >= 0.6 is 23.2 Å². The van der Waals surface area contributed by atoms with E-state index < -0.39 is 0 Å². The van der Waals surface area contributed by atoms with Gasteiger partial charge in [-0.05, 0) is 90.8 Å². The van der Waals surface area contributed by atoms with Crippen LogP contribution in [0.25, 0.3) is 0 Å². The molecule has 0 amide bonds. The number of hydrogen-bond acceptors (Lipinski definition) is 4. The maximum atomic E-state index is 8.84. The van der Waals surface area contributed by atoms with Gasteiger partial charge in [0.1, 0.15) is 5.84 Å². The van der Waals surface area contributed by atoms with Gasteiger partial charge < -0.3 is 20.9 Å². The van der Waals surface area contributed by atoms with Gasteiger partial charge in [0.15, 0.2) is 17.9 Å². The molecule has 0 fully saturated rings. The number of nitrogens with one attached hydrogen (secondary N) is 8. The predicted octanol–water partition coefficient (Wildman–Crippen LogP) is 8.77. The first-order chi connectivity index (χ1) is 21.8. The summed E-state index contributed by atoms with van der Waals surface area (Å²) in [5.74, 6) is 0.427. The summed E-state index contributed by atoms with van der Waals surface area (Å²) in [7, 11) is 0. The monoisotopic (exact) mass is 663 g/mol. The fourth-order valence-electron chi connectivity index (χ4n) is 4.71. The molecule has 9 nitrogen and oxygen atoms in total. The summed E-state index contributed by atoms with van der Waals surface area (Å²) >= 11 is 11.9. The molecular formula is C35H47Cl2N9. The lowest BCUT2D eigenvalue weighted by Gasteiger charge is -2.26. The molecule has 3 aromatic rings. The summed E-state index contributed by atoms with van der Waals surface area (Å²) in [4.78, 5) is 1.93. The van der Waals surface area contributed by atoms with Crippen molar-refractivity contribution >= 4 is 58.3 Å². The lowest BCUT2D eigenvalue weighted by Crippen LogP contribution is -2.45. The van der Waals surface area contributed by atoms with Crippen molar-refractivity contribution in [3.05, 3.63) is 94.0 Å². The van der Waals surface area contributed by atoms with Gasteiger partial charge in [0, 0.05) is 40.4 Å². The minimum Gasteiger partial charge on any atom is -0.339 e. The largest absolute Gasteiger partial charge is 0.339 e. The molecule has 0 aliphatic carbocycles. The zero-order valence-electron chi connectivity index (χ0n) is 27.2. The SMILES string of the molecule is CCCCN(Cc1ccc(CC(CCC(C)(C)C)C(=N)NC(=N)Nc2ccc(Cl)cc2)cc1)C(=N)NC(=N)Nc1ccc(Cl)cc1. The second-order valence-corrected chi connectivity index (χ2v) is 13.5. The van der Waals surface area contributed by atoms with E-state index >= 15 is 0 Å². The summed E-state index contributed by atoms with van der Waals surface area (Å²) in [6.07, 6.45) is 4.34. The number of benzene rings is 3. The molecule has 246 valence electrons. The van der Waals surface area contributed by atoms with E-state index in [-0.39, 0.29) is 29.2 Å². The van der Waals surface area contributed by atoms with E-state index in [4.69, 9.17) is 44.8 Å². The van der Waals surface area contributed by atoms with Gasteiger partial charge in [-0.2, -0.15) is 0 Å². The molecule has 3 aromatic carbocycles. The average Bonchev–Trinajstić information content (AvgIpc) is 2.99. The number of unbranched alkanes of at least 4 members (excludes halogenated alkanes) is 1. The number of nitrogens with zero attached hydrogens (tertiary/aromatic N) is 1. The van der Waals surface area contributed by atoms with Gasteiger partial charge in [-0.1, -0.05) is 81.6 Å². The Labute approximate surface area is 283 Å². The van der Waals surface area contributed by atoms with Gasteiger partial charge in [-0.3, -0.25) is 27.0 Å². The third-order valence-electron chi connectivity index (χ3n) is 7.36. The van der Waals surface area contributed by atoms with E-state index in [2.05, 4.69) is 73.2 Å². The Bertz CT molecular complexity index is 1450. The third-order valence-corrected chi connectivity index (χ3v) is 7.86. The van der Waals surface area contributed by atoms with Crippen molar-refractivity contribution in [2.75, 3.05) is 17.2 Å². The molecule has 0 aliphatic heterocycles. The van der Waals surface area contributed by atoms with Crippen LogP contribution in [0.3, 0.4) is 0 Å². The Balaban J connectivity index is 1.63. The highest BCUT2D eigenvalue weighted by Crippen LogP contribution is 2.26. The quantitative estimate of drug-likeness (QED) is 0.0721. The molecule has 11 heteroatoms. The first-order valence-electron chi connectivity index (χ1n) is 15.6. The Kier molecular flexibility index (Phi) is 13.9. The normalized spacial score (nSPS) is 11.7. The van der Waals surface area contributed by atoms with Gasteiger partial charge in [0.25, 0.3) is 0 Å². The molecule has 0 saturated heterocycles. The van der Waals surface area contributed by atoms with Gasteiger partial charge >= 0.3 is 0 Å². The van der Waals surface area contributed by atoms with Crippen molar-refractivity contribution < 1.29 is 0 Å². The van der Waals surface area contributed by atoms with Gasteiger partial charge in [0.2, 0.25) is 0 Å². The number of hydrogen-bond donors (Lipinski definition) is 8. The highest BCUT2D eigenvalue weighted by atomic mass is 35.5. The van der Waals surface area contributed by atoms with E-state index in [0.29, 0.717) is 41.1 Å². The second kappa shape index (κ2) is 17.6. The fraction of sp³-hybridized carbons (Fsp3) is 0.371. The van der Waals surface area contributed by atoms with Crippen LogP contribution in [-0.4, -0.2) is 35.2 Å². The van der Waals surface area contributed by atoms with Crippen molar-refractivity contribution in [3.63, 3.8) is 0 Å². The summed E-state index contributed by atoms with van der Waals surface area (Å²) < 4.78 is 0. The average molecular weight is 665 g/mol. The van der Waals surface area contributed by atoms with E-state index in [9.17, 15) is 0 Å². The molecule has 8 N–H and O–H groups in total. The van der Waals surface area contributed by atoms with Crippen molar-refractivity contribution in [3.8, 4) is 0 Å². The molecule has 0 aromatic heterocycles. The van der Waals surface area contributed by atoms with Crippen molar-refractivity contribution in [2.45, 2.75) is 66.3 Å². The highest BCUT2D eigenvalue weighted by Gasteiger charge is 2.21. The molecule has 0 aliphatic rings. The lowest BCUT2D eigenvalue weighted by atomic mass is 9.84. The maximum absolute atomic E-state index is 8.84.